The van der Waals surface area contributed by atoms with Gasteiger partial charge in [-0.3, -0.25) is 4.79 Å². The summed E-state index contributed by atoms with van der Waals surface area (Å²) in [4.78, 5) is 38.0. The molecule has 3 N–H and O–H groups in total. The molecule has 3 aromatic carbocycles. The third-order valence-electron chi connectivity index (χ3n) is 5.85. The van der Waals surface area contributed by atoms with Crippen LogP contribution in [0.1, 0.15) is 21.5 Å². The minimum atomic E-state index is -4.52. The van der Waals surface area contributed by atoms with Crippen LogP contribution >= 0.6 is 0 Å². The molecule has 1 atom stereocenters. The van der Waals surface area contributed by atoms with Crippen LogP contribution in [0.15, 0.2) is 66.7 Å². The highest BCUT2D eigenvalue weighted by molar-refractivity contribution is 6.02. The van der Waals surface area contributed by atoms with E-state index in [1.165, 1.54) is 24.1 Å². The molecule has 0 saturated heterocycles. The van der Waals surface area contributed by atoms with E-state index in [9.17, 15) is 32.7 Å². The summed E-state index contributed by atoms with van der Waals surface area (Å²) in [6.07, 6.45) is -4.52. The fourth-order valence-electron chi connectivity index (χ4n) is 4.02. The Kier molecular flexibility index (Phi) is 7.16. The Bertz CT molecular complexity index is 1340. The number of hydrogen-bond donors (Lipinski definition) is 3. The molecule has 192 valence electrons. The second kappa shape index (κ2) is 10.3. The predicted molar refractivity (Wildman–Crippen MR) is 129 cm³/mol. The SMILES string of the molecule is COC[C@@H](C(=O)O)N1Cc2ccc(-c3ccc(NC(=O)Nc4cccc(C(F)(F)F)c4)cc3)cc2C1=O. The van der Waals surface area contributed by atoms with Gasteiger partial charge in [-0.15, -0.1) is 0 Å². The van der Waals surface area contributed by atoms with Gasteiger partial charge in [0.15, 0.2) is 6.04 Å². The molecule has 1 aliphatic rings. The number of methoxy groups -OCH3 is 1. The molecule has 0 spiro atoms. The maximum absolute atomic E-state index is 12.9. The summed E-state index contributed by atoms with van der Waals surface area (Å²) in [6, 6.07) is 14.4. The van der Waals surface area contributed by atoms with Gasteiger partial charge in [-0.25, -0.2) is 9.59 Å². The van der Waals surface area contributed by atoms with Gasteiger partial charge in [0.2, 0.25) is 0 Å². The maximum atomic E-state index is 12.9. The number of nitrogens with one attached hydrogen (secondary N) is 2. The number of carbonyl (C=O) groups excluding carboxylic acids is 2. The summed E-state index contributed by atoms with van der Waals surface area (Å²) in [5.74, 6) is -1.55. The number of anilines is 2. The van der Waals surface area contributed by atoms with Gasteiger partial charge in [0.05, 0.1) is 12.2 Å². The lowest BCUT2D eigenvalue weighted by atomic mass is 10.0. The van der Waals surface area contributed by atoms with Crippen LogP contribution in [0.3, 0.4) is 0 Å². The molecular formula is C26H22F3N3O5. The largest absolute Gasteiger partial charge is 0.480 e. The highest BCUT2D eigenvalue weighted by Gasteiger charge is 2.36. The van der Waals surface area contributed by atoms with E-state index in [4.69, 9.17) is 4.74 Å². The maximum Gasteiger partial charge on any atom is 0.416 e. The number of halogens is 3. The van der Waals surface area contributed by atoms with Crippen molar-refractivity contribution in [2.24, 2.45) is 0 Å². The zero-order valence-corrected chi connectivity index (χ0v) is 19.5. The van der Waals surface area contributed by atoms with Crippen LogP contribution in [0.4, 0.5) is 29.3 Å². The zero-order chi connectivity index (χ0) is 26.7. The monoisotopic (exact) mass is 513 g/mol. The van der Waals surface area contributed by atoms with Crippen LogP contribution in [-0.4, -0.2) is 47.7 Å². The van der Waals surface area contributed by atoms with Gasteiger partial charge >= 0.3 is 18.2 Å². The summed E-state index contributed by atoms with van der Waals surface area (Å²) in [5, 5.41) is 14.4. The molecule has 0 saturated carbocycles. The Morgan fingerprint density at radius 3 is 2.32 bits per heavy atom. The molecule has 0 aliphatic carbocycles. The third kappa shape index (κ3) is 5.72. The molecule has 37 heavy (non-hydrogen) atoms. The van der Waals surface area contributed by atoms with Crippen molar-refractivity contribution in [2.75, 3.05) is 24.4 Å². The first-order valence-corrected chi connectivity index (χ1v) is 11.1. The summed E-state index contributed by atoms with van der Waals surface area (Å²) in [5.41, 5.74) is 2.10. The van der Waals surface area contributed by atoms with Gasteiger partial charge in [0, 0.05) is 30.6 Å². The number of nitrogens with zero attached hydrogens (tertiary/aromatic N) is 1. The van der Waals surface area contributed by atoms with Crippen molar-refractivity contribution < 1.29 is 37.4 Å². The van der Waals surface area contributed by atoms with E-state index in [0.29, 0.717) is 22.4 Å². The molecule has 11 heteroatoms. The first-order valence-electron chi connectivity index (χ1n) is 11.1. The number of hydrogen-bond acceptors (Lipinski definition) is 4. The first kappa shape index (κ1) is 25.7. The van der Waals surface area contributed by atoms with Gasteiger partial charge in [-0.2, -0.15) is 13.2 Å². The highest BCUT2D eigenvalue weighted by Crippen LogP contribution is 2.32. The molecule has 8 nitrogen and oxygen atoms in total. The van der Waals surface area contributed by atoms with E-state index in [1.807, 2.05) is 6.07 Å². The van der Waals surface area contributed by atoms with Gasteiger partial charge in [0.25, 0.3) is 5.91 Å². The molecule has 1 heterocycles. The number of carboxylic acid groups (broad SMARTS) is 1. The van der Waals surface area contributed by atoms with E-state index in [0.717, 1.165) is 17.7 Å². The van der Waals surface area contributed by atoms with E-state index in [-0.39, 0.29) is 18.8 Å². The lowest BCUT2D eigenvalue weighted by Gasteiger charge is -2.23. The number of amides is 3. The summed E-state index contributed by atoms with van der Waals surface area (Å²) >= 11 is 0. The number of rotatable bonds is 7. The highest BCUT2D eigenvalue weighted by atomic mass is 19.4. The molecule has 0 bridgehead atoms. The smallest absolute Gasteiger partial charge is 0.416 e. The predicted octanol–water partition coefficient (Wildman–Crippen LogP) is 5.07. The fraction of sp³-hybridized carbons (Fsp3) is 0.192. The molecule has 3 aromatic rings. The van der Waals surface area contributed by atoms with Gasteiger partial charge in [-0.1, -0.05) is 30.3 Å². The van der Waals surface area contributed by atoms with Crippen LogP contribution in [-0.2, 0) is 22.3 Å². The molecule has 0 radical (unpaired) electrons. The quantitative estimate of drug-likeness (QED) is 0.409. The number of carbonyl (C=O) groups is 3. The summed E-state index contributed by atoms with van der Waals surface area (Å²) < 4.78 is 43.5. The normalized spacial score (nSPS) is 13.7. The number of aliphatic carboxylic acids is 1. The van der Waals surface area contributed by atoms with E-state index in [1.54, 1.807) is 36.4 Å². The van der Waals surface area contributed by atoms with Crippen molar-refractivity contribution in [3.05, 3.63) is 83.4 Å². The molecule has 0 fully saturated rings. The van der Waals surface area contributed by atoms with Crippen molar-refractivity contribution in [3.63, 3.8) is 0 Å². The lowest BCUT2D eigenvalue weighted by Crippen LogP contribution is -2.44. The van der Waals surface area contributed by atoms with Gasteiger partial charge in [0.1, 0.15) is 0 Å². The van der Waals surface area contributed by atoms with E-state index < -0.39 is 35.7 Å². The number of carboxylic acids is 1. The van der Waals surface area contributed by atoms with Crippen molar-refractivity contribution >= 4 is 29.3 Å². The lowest BCUT2D eigenvalue weighted by molar-refractivity contribution is -0.144. The molecule has 4 rings (SSSR count). The Morgan fingerprint density at radius 2 is 1.68 bits per heavy atom. The van der Waals surface area contributed by atoms with Gasteiger partial charge in [-0.05, 0) is 53.1 Å². The average Bonchev–Trinajstić information content (AvgIpc) is 3.17. The molecule has 3 amide bonds. The second-order valence-corrected chi connectivity index (χ2v) is 8.35. The fourth-order valence-corrected chi connectivity index (χ4v) is 4.02. The number of benzene rings is 3. The first-order chi connectivity index (χ1) is 17.6. The summed E-state index contributed by atoms with van der Waals surface area (Å²) in [6.45, 7) is 0.0380. The molecular weight excluding hydrogens is 491 g/mol. The Hall–Kier alpha value is -4.38. The Morgan fingerprint density at radius 1 is 1.00 bits per heavy atom. The standard InChI is InChI=1S/C26H22F3N3O5/c1-37-14-22(24(34)35)32-13-17-6-5-16(11-21(17)23(32)33)15-7-9-19(10-8-15)30-25(36)31-20-4-2-3-18(12-20)26(27,28)29/h2-12,22H,13-14H2,1H3,(H,34,35)(H2,30,31,36)/t22-/m0/s1. The van der Waals surface area contributed by atoms with Gasteiger partial charge < -0.3 is 25.4 Å². The topological polar surface area (TPSA) is 108 Å². The van der Waals surface area contributed by atoms with Crippen molar-refractivity contribution in [3.8, 4) is 11.1 Å². The molecule has 0 aromatic heterocycles. The van der Waals surface area contributed by atoms with Crippen LogP contribution in [0, 0.1) is 0 Å². The number of alkyl halides is 3. The average molecular weight is 513 g/mol. The van der Waals surface area contributed by atoms with Crippen LogP contribution in [0.25, 0.3) is 11.1 Å². The number of fused-ring (bicyclic) bond motifs is 1. The summed E-state index contributed by atoms with van der Waals surface area (Å²) in [7, 11) is 1.37. The Labute approximate surface area is 209 Å². The van der Waals surface area contributed by atoms with Crippen molar-refractivity contribution in [2.45, 2.75) is 18.8 Å². The molecule has 0 unspecified atom stereocenters. The van der Waals surface area contributed by atoms with Crippen LogP contribution < -0.4 is 10.6 Å². The minimum absolute atomic E-state index is 0.00330. The molecule has 1 aliphatic heterocycles. The van der Waals surface area contributed by atoms with Crippen molar-refractivity contribution in [1.29, 1.82) is 0 Å². The Balaban J connectivity index is 1.44. The van der Waals surface area contributed by atoms with Crippen LogP contribution in [0.5, 0.6) is 0 Å². The van der Waals surface area contributed by atoms with Crippen LogP contribution in [0.2, 0.25) is 0 Å². The van der Waals surface area contributed by atoms with Crippen molar-refractivity contribution in [1.82, 2.24) is 4.90 Å². The third-order valence-corrected chi connectivity index (χ3v) is 5.85. The number of ether oxygens (including phenoxy) is 1. The second-order valence-electron chi connectivity index (χ2n) is 8.35. The zero-order valence-electron chi connectivity index (χ0n) is 19.5. The van der Waals surface area contributed by atoms with E-state index in [2.05, 4.69) is 10.6 Å². The van der Waals surface area contributed by atoms with E-state index >= 15 is 0 Å². The minimum Gasteiger partial charge on any atom is -0.480 e. The number of urea groups is 1.